The minimum Gasteiger partial charge on any atom is -0.353 e. The molecule has 98 valence electrons. The third-order valence-corrected chi connectivity index (χ3v) is 2.93. The van der Waals surface area contributed by atoms with E-state index in [0.29, 0.717) is 12.8 Å². The van der Waals surface area contributed by atoms with E-state index in [1.165, 1.54) is 0 Å². The Morgan fingerprint density at radius 2 is 1.82 bits per heavy atom. The average molecular weight is 244 g/mol. The largest absolute Gasteiger partial charge is 0.353 e. The zero-order valence-corrected chi connectivity index (χ0v) is 10.6. The van der Waals surface area contributed by atoms with E-state index in [2.05, 4.69) is 10.2 Å². The first-order chi connectivity index (χ1) is 7.79. The van der Waals surface area contributed by atoms with Crippen LogP contribution in [0.5, 0.6) is 0 Å². The van der Waals surface area contributed by atoms with E-state index < -0.39 is 10.5 Å². The van der Waals surface area contributed by atoms with Crippen LogP contribution in [0.1, 0.15) is 46.5 Å². The molecule has 0 radical (unpaired) electrons. The van der Waals surface area contributed by atoms with E-state index >= 15 is 0 Å². The van der Waals surface area contributed by atoms with Gasteiger partial charge in [-0.05, 0) is 25.7 Å². The van der Waals surface area contributed by atoms with Gasteiger partial charge in [0.1, 0.15) is 6.10 Å². The molecule has 0 spiro atoms. The van der Waals surface area contributed by atoms with Crippen molar-refractivity contribution in [2.45, 2.75) is 58.6 Å². The molecule has 6 heteroatoms. The van der Waals surface area contributed by atoms with Gasteiger partial charge >= 0.3 is 0 Å². The number of carbonyl (C=O) groups is 1. The van der Waals surface area contributed by atoms with Gasteiger partial charge in [0.15, 0.2) is 0 Å². The minimum absolute atomic E-state index is 0.0242. The number of nitrogens with one attached hydrogen (secondary N) is 1. The van der Waals surface area contributed by atoms with Crippen molar-refractivity contribution in [1.82, 2.24) is 5.32 Å². The third-order valence-electron chi connectivity index (χ3n) is 2.93. The van der Waals surface area contributed by atoms with Crippen molar-refractivity contribution >= 4 is 5.91 Å². The Labute approximate surface area is 101 Å². The second kappa shape index (κ2) is 5.33. The molecule has 0 saturated heterocycles. The Kier molecular flexibility index (Phi) is 4.31. The molecule has 0 aliphatic heterocycles. The summed E-state index contributed by atoms with van der Waals surface area (Å²) in [6.07, 6.45) is 2.40. The lowest BCUT2D eigenvalue weighted by atomic mass is 9.90. The van der Waals surface area contributed by atoms with Crippen molar-refractivity contribution < 1.29 is 14.7 Å². The summed E-state index contributed by atoms with van der Waals surface area (Å²) in [5.74, 6) is 0.0242. The summed E-state index contributed by atoms with van der Waals surface area (Å²) in [5, 5.41) is 12.4. The van der Waals surface area contributed by atoms with Crippen LogP contribution in [-0.2, 0) is 9.63 Å². The number of carbonyl (C=O) groups excluding carboxylic acids is 1. The highest BCUT2D eigenvalue weighted by molar-refractivity contribution is 5.81. The molecule has 17 heavy (non-hydrogen) atoms. The Bertz CT molecular complexity index is 290. The second-order valence-corrected chi connectivity index (χ2v) is 5.53. The fourth-order valence-electron chi connectivity index (χ4n) is 1.84. The van der Waals surface area contributed by atoms with Crippen LogP contribution in [0.2, 0.25) is 0 Å². The predicted molar refractivity (Wildman–Crippen MR) is 61.7 cm³/mol. The molecule has 6 nitrogen and oxygen atoms in total. The van der Waals surface area contributed by atoms with Crippen molar-refractivity contribution in [2.75, 3.05) is 0 Å². The molecule has 1 amide bonds. The zero-order valence-electron chi connectivity index (χ0n) is 10.6. The molecule has 1 aliphatic carbocycles. The number of amides is 1. The first-order valence-electron chi connectivity index (χ1n) is 5.91. The zero-order chi connectivity index (χ0) is 13.1. The van der Waals surface area contributed by atoms with E-state index in [0.717, 1.165) is 12.8 Å². The molecule has 0 heterocycles. The summed E-state index contributed by atoms with van der Waals surface area (Å²) >= 11 is 0. The summed E-state index contributed by atoms with van der Waals surface area (Å²) in [6.45, 7) is 5.59. The fourth-order valence-corrected chi connectivity index (χ4v) is 1.84. The predicted octanol–water partition coefficient (Wildman–Crippen LogP) is 1.67. The molecule has 0 bridgehead atoms. The standard InChI is InChI=1S/C11H20N2O4/c1-11(2,3)10(14)12-8-4-6-9(7-5-8)17-13(15)16/h8-9H,4-7H2,1-3H3,(H,12,14). The van der Waals surface area contributed by atoms with Crippen molar-refractivity contribution in [3.63, 3.8) is 0 Å². The molecule has 1 saturated carbocycles. The van der Waals surface area contributed by atoms with Gasteiger partial charge in [0.25, 0.3) is 5.09 Å². The molecule has 1 N–H and O–H groups in total. The van der Waals surface area contributed by atoms with Gasteiger partial charge in [-0.3, -0.25) is 4.79 Å². The molecule has 1 fully saturated rings. The fraction of sp³-hybridized carbons (Fsp3) is 0.909. The molecule has 0 aromatic heterocycles. The molecule has 0 unspecified atom stereocenters. The van der Waals surface area contributed by atoms with Gasteiger partial charge in [-0.1, -0.05) is 20.8 Å². The molecule has 1 aliphatic rings. The van der Waals surface area contributed by atoms with Crippen LogP contribution >= 0.6 is 0 Å². The van der Waals surface area contributed by atoms with Gasteiger partial charge in [-0.15, -0.1) is 10.1 Å². The van der Waals surface area contributed by atoms with Crippen molar-refractivity contribution in [3.8, 4) is 0 Å². The Morgan fingerprint density at radius 3 is 2.24 bits per heavy atom. The van der Waals surface area contributed by atoms with Crippen LogP contribution in [-0.4, -0.2) is 23.1 Å². The summed E-state index contributed by atoms with van der Waals surface area (Å²) < 4.78 is 0. The summed E-state index contributed by atoms with van der Waals surface area (Å²) in [5.41, 5.74) is -0.395. The van der Waals surface area contributed by atoms with Crippen LogP contribution in [0.4, 0.5) is 0 Å². The second-order valence-electron chi connectivity index (χ2n) is 5.53. The molecule has 0 aromatic rings. The first-order valence-corrected chi connectivity index (χ1v) is 5.91. The lowest BCUT2D eigenvalue weighted by molar-refractivity contribution is -0.769. The van der Waals surface area contributed by atoms with Gasteiger partial charge in [0.2, 0.25) is 5.91 Å². The van der Waals surface area contributed by atoms with Gasteiger partial charge in [-0.2, -0.15) is 0 Å². The Hall–Kier alpha value is -1.33. The van der Waals surface area contributed by atoms with Crippen LogP contribution < -0.4 is 5.32 Å². The lowest BCUT2D eigenvalue weighted by Crippen LogP contribution is -2.44. The van der Waals surface area contributed by atoms with E-state index in [4.69, 9.17) is 0 Å². The van der Waals surface area contributed by atoms with Crippen molar-refractivity contribution in [1.29, 1.82) is 0 Å². The third kappa shape index (κ3) is 4.58. The van der Waals surface area contributed by atoms with Crippen LogP contribution in [0.25, 0.3) is 0 Å². The summed E-state index contributed by atoms with van der Waals surface area (Å²) in [7, 11) is 0. The van der Waals surface area contributed by atoms with E-state index in [9.17, 15) is 14.9 Å². The van der Waals surface area contributed by atoms with Crippen LogP contribution in [0.3, 0.4) is 0 Å². The van der Waals surface area contributed by atoms with Crippen molar-refractivity contribution in [2.24, 2.45) is 5.41 Å². The van der Waals surface area contributed by atoms with E-state index in [-0.39, 0.29) is 18.1 Å². The van der Waals surface area contributed by atoms with E-state index in [1.807, 2.05) is 20.8 Å². The van der Waals surface area contributed by atoms with Gasteiger partial charge < -0.3 is 10.2 Å². The maximum absolute atomic E-state index is 11.7. The number of hydrogen-bond donors (Lipinski definition) is 1. The molecular weight excluding hydrogens is 224 g/mol. The van der Waals surface area contributed by atoms with Crippen LogP contribution in [0, 0.1) is 15.5 Å². The lowest BCUT2D eigenvalue weighted by Gasteiger charge is -2.30. The van der Waals surface area contributed by atoms with E-state index in [1.54, 1.807) is 0 Å². The first kappa shape index (κ1) is 13.7. The normalized spacial score (nSPS) is 25.1. The topological polar surface area (TPSA) is 81.5 Å². The number of nitrogens with zero attached hydrogens (tertiary/aromatic N) is 1. The highest BCUT2D eigenvalue weighted by Gasteiger charge is 2.28. The Morgan fingerprint density at radius 1 is 1.29 bits per heavy atom. The van der Waals surface area contributed by atoms with Crippen molar-refractivity contribution in [3.05, 3.63) is 10.1 Å². The van der Waals surface area contributed by atoms with Gasteiger partial charge in [0, 0.05) is 11.5 Å². The number of hydrogen-bond acceptors (Lipinski definition) is 4. The monoisotopic (exact) mass is 244 g/mol. The minimum atomic E-state index is -0.737. The average Bonchev–Trinajstić information content (AvgIpc) is 2.18. The maximum atomic E-state index is 11.7. The quantitative estimate of drug-likeness (QED) is 0.604. The highest BCUT2D eigenvalue weighted by atomic mass is 17.0. The maximum Gasteiger partial charge on any atom is 0.294 e. The molecule has 0 aromatic carbocycles. The summed E-state index contributed by atoms with van der Waals surface area (Å²) in [6, 6.07) is 0.119. The molecule has 1 rings (SSSR count). The summed E-state index contributed by atoms with van der Waals surface area (Å²) in [4.78, 5) is 26.4. The van der Waals surface area contributed by atoms with Crippen LogP contribution in [0.15, 0.2) is 0 Å². The van der Waals surface area contributed by atoms with Gasteiger partial charge in [0.05, 0.1) is 0 Å². The molecule has 0 atom stereocenters. The smallest absolute Gasteiger partial charge is 0.294 e. The highest BCUT2D eigenvalue weighted by Crippen LogP contribution is 2.22. The molecular formula is C11H20N2O4. The Balaban J connectivity index is 2.33. The SMILES string of the molecule is CC(C)(C)C(=O)NC1CCC(O[N+](=O)[O-])CC1. The van der Waals surface area contributed by atoms with Gasteiger partial charge in [-0.25, -0.2) is 0 Å². The number of rotatable bonds is 3.